The predicted molar refractivity (Wildman–Crippen MR) is 86.0 cm³/mol. The quantitative estimate of drug-likeness (QED) is 0.906. The molecule has 0 bridgehead atoms. The van der Waals surface area contributed by atoms with Crippen molar-refractivity contribution in [2.24, 2.45) is 0 Å². The number of fused-ring (bicyclic) bond motifs is 3. The van der Waals surface area contributed by atoms with Crippen LogP contribution in [0.15, 0.2) is 12.1 Å². The van der Waals surface area contributed by atoms with Gasteiger partial charge in [-0.3, -0.25) is 4.79 Å². The van der Waals surface area contributed by atoms with Gasteiger partial charge in [-0.05, 0) is 36.0 Å². The van der Waals surface area contributed by atoms with Crippen LogP contribution in [-0.2, 0) is 0 Å². The predicted octanol–water partition coefficient (Wildman–Crippen LogP) is 3.04. The Morgan fingerprint density at radius 2 is 2.14 bits per heavy atom. The highest BCUT2D eigenvalue weighted by atomic mass is 16.2. The summed E-state index contributed by atoms with van der Waals surface area (Å²) in [7, 11) is 1.98. The average molecular weight is 286 g/mol. The van der Waals surface area contributed by atoms with Gasteiger partial charge >= 0.3 is 0 Å². The van der Waals surface area contributed by atoms with Gasteiger partial charge in [0.05, 0.1) is 5.54 Å². The molecule has 2 aliphatic rings. The monoisotopic (exact) mass is 286 g/mol. The molecular weight excluding hydrogens is 260 g/mol. The van der Waals surface area contributed by atoms with Crippen molar-refractivity contribution >= 4 is 5.91 Å². The van der Waals surface area contributed by atoms with Crippen molar-refractivity contribution < 1.29 is 4.79 Å². The summed E-state index contributed by atoms with van der Waals surface area (Å²) in [6.45, 7) is 10.6. The standard InChI is InChI=1S/C18H26N2O/c1-6-18-10-19-9-15(18)14-8-13(11(2)3)7-12(4)16(14)17(21)20(18)5/h7-8,11,15,19H,6,9-10H2,1-5H3/t15-,18+/m1/s1. The smallest absolute Gasteiger partial charge is 0.254 e. The lowest BCUT2D eigenvalue weighted by molar-refractivity contribution is 0.0501. The normalized spacial score (nSPS) is 28.0. The number of rotatable bonds is 2. The van der Waals surface area contributed by atoms with Crippen molar-refractivity contribution in [1.29, 1.82) is 0 Å². The molecule has 3 nitrogen and oxygen atoms in total. The Morgan fingerprint density at radius 1 is 1.43 bits per heavy atom. The topological polar surface area (TPSA) is 32.3 Å². The van der Waals surface area contributed by atoms with Crippen molar-refractivity contribution in [2.75, 3.05) is 20.1 Å². The maximum atomic E-state index is 12.9. The molecule has 0 unspecified atom stereocenters. The minimum atomic E-state index is -0.0495. The first kappa shape index (κ1) is 14.6. The van der Waals surface area contributed by atoms with Gasteiger partial charge in [0, 0.05) is 31.6 Å². The van der Waals surface area contributed by atoms with Crippen LogP contribution in [0.1, 0.15) is 66.1 Å². The van der Waals surface area contributed by atoms with Crippen LogP contribution in [0.2, 0.25) is 0 Å². The third-order valence-corrected chi connectivity index (χ3v) is 5.66. The van der Waals surface area contributed by atoms with E-state index >= 15 is 0 Å². The van der Waals surface area contributed by atoms with Crippen LogP contribution in [-0.4, -0.2) is 36.5 Å². The van der Waals surface area contributed by atoms with Crippen molar-refractivity contribution in [2.45, 2.75) is 51.5 Å². The first-order valence-electron chi connectivity index (χ1n) is 8.05. The molecule has 2 aliphatic heterocycles. The zero-order chi connectivity index (χ0) is 15.4. The van der Waals surface area contributed by atoms with Crippen molar-refractivity contribution in [3.8, 4) is 0 Å². The lowest BCUT2D eigenvalue weighted by Gasteiger charge is -2.47. The van der Waals surface area contributed by atoms with E-state index in [1.165, 1.54) is 11.1 Å². The molecule has 1 N–H and O–H groups in total. The van der Waals surface area contributed by atoms with Gasteiger partial charge < -0.3 is 10.2 Å². The van der Waals surface area contributed by atoms with Gasteiger partial charge in [-0.25, -0.2) is 0 Å². The molecule has 2 heterocycles. The number of carbonyl (C=O) groups is 1. The second kappa shape index (κ2) is 4.84. The summed E-state index contributed by atoms with van der Waals surface area (Å²) in [6.07, 6.45) is 0.997. The summed E-state index contributed by atoms with van der Waals surface area (Å²) in [6, 6.07) is 4.48. The van der Waals surface area contributed by atoms with Crippen molar-refractivity contribution in [1.82, 2.24) is 10.2 Å². The van der Waals surface area contributed by atoms with Crippen LogP contribution in [0.3, 0.4) is 0 Å². The minimum absolute atomic E-state index is 0.0495. The van der Waals surface area contributed by atoms with Crippen LogP contribution >= 0.6 is 0 Å². The second-order valence-electron chi connectivity index (χ2n) is 6.96. The Kier molecular flexibility index (Phi) is 3.36. The molecular formula is C18H26N2O. The summed E-state index contributed by atoms with van der Waals surface area (Å²) in [5.74, 6) is 1.10. The zero-order valence-corrected chi connectivity index (χ0v) is 13.8. The molecule has 0 radical (unpaired) electrons. The third-order valence-electron chi connectivity index (χ3n) is 5.66. The molecule has 1 amide bonds. The fraction of sp³-hybridized carbons (Fsp3) is 0.611. The molecule has 114 valence electrons. The van der Waals surface area contributed by atoms with Gasteiger partial charge in [0.2, 0.25) is 0 Å². The van der Waals surface area contributed by atoms with Crippen LogP contribution in [0, 0.1) is 6.92 Å². The van der Waals surface area contributed by atoms with Crippen molar-refractivity contribution in [3.63, 3.8) is 0 Å². The Balaban J connectivity index is 2.24. The molecule has 21 heavy (non-hydrogen) atoms. The Morgan fingerprint density at radius 3 is 2.76 bits per heavy atom. The fourth-order valence-electron chi connectivity index (χ4n) is 4.22. The van der Waals surface area contributed by atoms with Gasteiger partial charge in [-0.1, -0.05) is 32.9 Å². The highest BCUT2D eigenvalue weighted by Gasteiger charge is 2.52. The fourth-order valence-corrected chi connectivity index (χ4v) is 4.22. The first-order valence-corrected chi connectivity index (χ1v) is 8.05. The number of benzene rings is 1. The minimum Gasteiger partial charge on any atom is -0.334 e. The highest BCUT2D eigenvalue weighted by Crippen LogP contribution is 2.45. The van der Waals surface area contributed by atoms with E-state index in [2.05, 4.69) is 45.1 Å². The number of hydrogen-bond acceptors (Lipinski definition) is 2. The van der Waals surface area contributed by atoms with Gasteiger partial charge in [0.25, 0.3) is 5.91 Å². The largest absolute Gasteiger partial charge is 0.334 e. The summed E-state index contributed by atoms with van der Waals surface area (Å²) in [5.41, 5.74) is 4.64. The van der Waals surface area contributed by atoms with E-state index in [-0.39, 0.29) is 11.4 Å². The molecule has 0 saturated carbocycles. The van der Waals surface area contributed by atoms with Crippen LogP contribution < -0.4 is 5.32 Å². The summed E-state index contributed by atoms with van der Waals surface area (Å²) >= 11 is 0. The molecule has 0 spiro atoms. The number of carbonyl (C=O) groups excluding carboxylic acids is 1. The van der Waals surface area contributed by atoms with Crippen LogP contribution in [0.25, 0.3) is 0 Å². The van der Waals surface area contributed by atoms with Crippen molar-refractivity contribution in [3.05, 3.63) is 34.4 Å². The molecule has 0 aromatic heterocycles. The molecule has 3 rings (SSSR count). The Hall–Kier alpha value is -1.35. The molecule has 3 heteroatoms. The van der Waals surface area contributed by atoms with Gasteiger partial charge in [-0.2, -0.15) is 0 Å². The van der Waals surface area contributed by atoms with Gasteiger partial charge in [0.1, 0.15) is 0 Å². The van der Waals surface area contributed by atoms with E-state index in [0.717, 1.165) is 30.6 Å². The highest BCUT2D eigenvalue weighted by molar-refractivity contribution is 5.99. The molecule has 2 atom stereocenters. The lowest BCUT2D eigenvalue weighted by atomic mass is 9.72. The second-order valence-corrected chi connectivity index (χ2v) is 6.96. The SMILES string of the molecule is CC[C@]12CNC[C@@H]1c1cc(C(C)C)cc(C)c1C(=O)N2C. The summed E-state index contributed by atoms with van der Waals surface area (Å²) in [4.78, 5) is 14.9. The number of hydrogen-bond donors (Lipinski definition) is 1. The molecule has 1 fully saturated rings. The summed E-state index contributed by atoms with van der Waals surface area (Å²) in [5, 5.41) is 3.52. The number of aryl methyl sites for hydroxylation is 1. The van der Waals surface area contributed by atoms with E-state index in [1.807, 2.05) is 11.9 Å². The van der Waals surface area contributed by atoms with Crippen LogP contribution in [0.5, 0.6) is 0 Å². The van der Waals surface area contributed by atoms with E-state index in [0.29, 0.717) is 11.8 Å². The molecule has 1 saturated heterocycles. The lowest BCUT2D eigenvalue weighted by Crippen LogP contribution is -2.57. The zero-order valence-electron chi connectivity index (χ0n) is 13.8. The van der Waals surface area contributed by atoms with E-state index in [4.69, 9.17) is 0 Å². The number of likely N-dealkylation sites (N-methyl/N-ethyl adjacent to an activating group) is 1. The molecule has 0 aliphatic carbocycles. The van der Waals surface area contributed by atoms with E-state index < -0.39 is 0 Å². The Bertz CT molecular complexity index is 593. The summed E-state index contributed by atoms with van der Waals surface area (Å²) < 4.78 is 0. The van der Waals surface area contributed by atoms with E-state index in [9.17, 15) is 4.79 Å². The third kappa shape index (κ3) is 1.87. The maximum Gasteiger partial charge on any atom is 0.254 e. The Labute approximate surface area is 127 Å². The van der Waals surface area contributed by atoms with Gasteiger partial charge in [-0.15, -0.1) is 0 Å². The first-order chi connectivity index (χ1) is 9.92. The number of nitrogens with zero attached hydrogens (tertiary/aromatic N) is 1. The molecule has 1 aromatic rings. The van der Waals surface area contributed by atoms with Crippen LogP contribution in [0.4, 0.5) is 0 Å². The average Bonchev–Trinajstić information content (AvgIpc) is 2.89. The number of nitrogens with one attached hydrogen (secondary N) is 1. The number of amides is 1. The van der Waals surface area contributed by atoms with E-state index in [1.54, 1.807) is 0 Å². The van der Waals surface area contributed by atoms with Gasteiger partial charge in [0.15, 0.2) is 0 Å². The molecule has 1 aromatic carbocycles. The maximum absolute atomic E-state index is 12.9.